The molecule has 0 aliphatic heterocycles. The molecule has 1 amide bonds. The van der Waals surface area contributed by atoms with Crippen LogP contribution in [0.1, 0.15) is 32.3 Å². The van der Waals surface area contributed by atoms with Crippen LogP contribution in [0.5, 0.6) is 0 Å². The Morgan fingerprint density at radius 1 is 1.00 bits per heavy atom. The Morgan fingerprint density at radius 3 is 2.48 bits per heavy atom. The summed E-state index contributed by atoms with van der Waals surface area (Å²) in [4.78, 5) is 27.8. The number of rotatable bonds is 3. The number of thiazole rings is 1. The van der Waals surface area contributed by atoms with Gasteiger partial charge in [0.15, 0.2) is 5.13 Å². The second kappa shape index (κ2) is 6.83. The molecule has 0 aliphatic carbocycles. The number of aromatic nitrogens is 3. The summed E-state index contributed by atoms with van der Waals surface area (Å²) in [6.45, 7) is 7.81. The molecule has 3 aromatic heterocycles. The van der Waals surface area contributed by atoms with Gasteiger partial charge < -0.3 is 0 Å². The smallest absolute Gasteiger partial charge is 0.267 e. The normalized spacial score (nSPS) is 11.1. The maximum absolute atomic E-state index is 12.8. The maximum Gasteiger partial charge on any atom is 0.267 e. The Labute approximate surface area is 165 Å². The minimum absolute atomic E-state index is 0.155. The molecule has 1 N–H and O–H groups in total. The van der Waals surface area contributed by atoms with E-state index in [1.165, 1.54) is 28.2 Å². The summed E-state index contributed by atoms with van der Waals surface area (Å²) in [6, 6.07) is 8.18. The predicted octanol–water partition coefficient (Wildman–Crippen LogP) is 5.30. The Bertz CT molecular complexity index is 1160. The highest BCUT2D eigenvalue weighted by Gasteiger charge is 2.19. The van der Waals surface area contributed by atoms with Gasteiger partial charge in [0.25, 0.3) is 5.91 Å². The summed E-state index contributed by atoms with van der Waals surface area (Å²) in [6.07, 6.45) is 0. The number of carbonyl (C=O) groups excluding carboxylic acids is 1. The van der Waals surface area contributed by atoms with Gasteiger partial charge in [-0.15, -0.1) is 22.7 Å². The molecule has 0 radical (unpaired) electrons. The largest absolute Gasteiger partial charge is 0.297 e. The molecule has 0 bridgehead atoms. The van der Waals surface area contributed by atoms with E-state index in [1.807, 2.05) is 38.3 Å². The van der Waals surface area contributed by atoms with Crippen LogP contribution < -0.4 is 5.32 Å². The fraction of sp³-hybridized carbons (Fsp3) is 0.200. The van der Waals surface area contributed by atoms with Crippen molar-refractivity contribution >= 4 is 43.9 Å². The van der Waals surface area contributed by atoms with Crippen LogP contribution in [0.15, 0.2) is 29.6 Å². The molecule has 5 nitrogen and oxygen atoms in total. The van der Waals surface area contributed by atoms with Gasteiger partial charge in [-0.25, -0.2) is 15.0 Å². The monoisotopic (exact) mass is 394 g/mol. The van der Waals surface area contributed by atoms with Gasteiger partial charge in [0.1, 0.15) is 10.7 Å². The van der Waals surface area contributed by atoms with Crippen molar-refractivity contribution in [1.29, 1.82) is 0 Å². The van der Waals surface area contributed by atoms with E-state index < -0.39 is 0 Å². The molecule has 27 heavy (non-hydrogen) atoms. The van der Waals surface area contributed by atoms with Crippen LogP contribution in [0.2, 0.25) is 0 Å². The Morgan fingerprint density at radius 2 is 1.74 bits per heavy atom. The Hall–Kier alpha value is -2.64. The number of amides is 1. The van der Waals surface area contributed by atoms with Gasteiger partial charge in [-0.05, 0) is 33.3 Å². The van der Waals surface area contributed by atoms with Crippen LogP contribution in [-0.4, -0.2) is 20.9 Å². The van der Waals surface area contributed by atoms with Crippen molar-refractivity contribution in [2.45, 2.75) is 27.7 Å². The lowest BCUT2D eigenvalue weighted by molar-refractivity contribution is 0.103. The van der Waals surface area contributed by atoms with Crippen LogP contribution in [-0.2, 0) is 0 Å². The molecule has 0 saturated carbocycles. The van der Waals surface area contributed by atoms with Crippen molar-refractivity contribution in [3.05, 3.63) is 57.2 Å². The van der Waals surface area contributed by atoms with Gasteiger partial charge in [-0.1, -0.05) is 29.8 Å². The average molecular weight is 395 g/mol. The molecule has 4 aromatic rings. The standard InChI is InChI=1S/C20H18N4OS2/c1-10-5-7-14(8-6-10)15-9-26-20(23-15)24-18(25)17-11(2)16-12(3)21-13(4)22-19(16)27-17/h5-9H,1-4H3,(H,23,24,25). The van der Waals surface area contributed by atoms with Gasteiger partial charge in [0, 0.05) is 22.0 Å². The number of benzene rings is 1. The van der Waals surface area contributed by atoms with Crippen molar-refractivity contribution in [1.82, 2.24) is 15.0 Å². The van der Waals surface area contributed by atoms with Crippen LogP contribution >= 0.6 is 22.7 Å². The molecule has 0 fully saturated rings. The van der Waals surface area contributed by atoms with Crippen molar-refractivity contribution in [2.75, 3.05) is 5.32 Å². The fourth-order valence-corrected chi connectivity index (χ4v) is 4.92. The van der Waals surface area contributed by atoms with Crippen molar-refractivity contribution in [2.24, 2.45) is 0 Å². The van der Waals surface area contributed by atoms with Gasteiger partial charge in [-0.2, -0.15) is 0 Å². The van der Waals surface area contributed by atoms with Crippen molar-refractivity contribution in [3.63, 3.8) is 0 Å². The Balaban J connectivity index is 1.61. The summed E-state index contributed by atoms with van der Waals surface area (Å²) in [7, 11) is 0. The van der Waals surface area contributed by atoms with Crippen LogP contribution in [0.3, 0.4) is 0 Å². The van der Waals surface area contributed by atoms with Crippen molar-refractivity contribution < 1.29 is 4.79 Å². The molecule has 0 unspecified atom stereocenters. The molecule has 4 rings (SSSR count). The zero-order valence-electron chi connectivity index (χ0n) is 15.5. The van der Waals surface area contributed by atoms with Crippen LogP contribution in [0.25, 0.3) is 21.5 Å². The molecule has 7 heteroatoms. The van der Waals surface area contributed by atoms with E-state index in [2.05, 4.69) is 39.3 Å². The maximum atomic E-state index is 12.8. The zero-order valence-corrected chi connectivity index (χ0v) is 17.1. The van der Waals surface area contributed by atoms with Gasteiger partial charge >= 0.3 is 0 Å². The minimum Gasteiger partial charge on any atom is -0.297 e. The first-order valence-electron chi connectivity index (χ1n) is 8.50. The third-order valence-corrected chi connectivity index (χ3v) is 6.30. The third kappa shape index (κ3) is 3.36. The molecular formula is C20H18N4OS2. The van der Waals surface area contributed by atoms with E-state index in [4.69, 9.17) is 0 Å². The number of nitrogens with zero attached hydrogens (tertiary/aromatic N) is 3. The van der Waals surface area contributed by atoms with E-state index in [9.17, 15) is 4.79 Å². The highest BCUT2D eigenvalue weighted by molar-refractivity contribution is 7.21. The summed E-state index contributed by atoms with van der Waals surface area (Å²) in [5, 5.41) is 6.44. The third-order valence-electron chi connectivity index (χ3n) is 4.36. The lowest BCUT2D eigenvalue weighted by atomic mass is 10.1. The molecule has 1 aromatic carbocycles. The first kappa shape index (κ1) is 17.8. The molecule has 3 heterocycles. The molecule has 0 saturated heterocycles. The van der Waals surface area contributed by atoms with Crippen molar-refractivity contribution in [3.8, 4) is 11.3 Å². The van der Waals surface area contributed by atoms with E-state index in [1.54, 1.807) is 0 Å². The number of hydrogen-bond donors (Lipinski definition) is 1. The second-order valence-electron chi connectivity index (χ2n) is 6.45. The summed E-state index contributed by atoms with van der Waals surface area (Å²) < 4.78 is 0. The zero-order chi connectivity index (χ0) is 19.1. The van der Waals surface area contributed by atoms with Crippen LogP contribution in [0.4, 0.5) is 5.13 Å². The minimum atomic E-state index is -0.155. The summed E-state index contributed by atoms with van der Waals surface area (Å²) >= 11 is 2.82. The predicted molar refractivity (Wildman–Crippen MR) is 112 cm³/mol. The average Bonchev–Trinajstić information content (AvgIpc) is 3.20. The lowest BCUT2D eigenvalue weighted by Crippen LogP contribution is -2.11. The molecule has 0 aliphatic rings. The highest BCUT2D eigenvalue weighted by atomic mass is 32.1. The number of thiophene rings is 1. The molecular weight excluding hydrogens is 376 g/mol. The van der Waals surface area contributed by atoms with E-state index in [0.717, 1.165) is 38.6 Å². The lowest BCUT2D eigenvalue weighted by Gasteiger charge is -2.01. The highest BCUT2D eigenvalue weighted by Crippen LogP contribution is 2.32. The quantitative estimate of drug-likeness (QED) is 0.512. The van der Waals surface area contributed by atoms with Gasteiger partial charge in [0.2, 0.25) is 0 Å². The van der Waals surface area contributed by atoms with E-state index in [0.29, 0.717) is 10.0 Å². The van der Waals surface area contributed by atoms with Gasteiger partial charge in [-0.3, -0.25) is 10.1 Å². The first-order chi connectivity index (χ1) is 12.9. The number of aryl methyl sites for hydroxylation is 4. The number of carbonyl (C=O) groups is 1. The number of anilines is 1. The van der Waals surface area contributed by atoms with Gasteiger partial charge in [0.05, 0.1) is 10.6 Å². The fourth-order valence-electron chi connectivity index (χ4n) is 3.03. The number of hydrogen-bond acceptors (Lipinski definition) is 6. The van der Waals surface area contributed by atoms with E-state index in [-0.39, 0.29) is 5.91 Å². The molecule has 136 valence electrons. The van der Waals surface area contributed by atoms with E-state index >= 15 is 0 Å². The molecule has 0 spiro atoms. The molecule has 0 atom stereocenters. The Kier molecular flexibility index (Phi) is 4.49. The van der Waals surface area contributed by atoms with Crippen LogP contribution in [0, 0.1) is 27.7 Å². The SMILES string of the molecule is Cc1ccc(-c2csc(NC(=O)c3sc4nc(C)nc(C)c4c3C)n2)cc1. The summed E-state index contributed by atoms with van der Waals surface area (Å²) in [5.74, 6) is 0.563. The number of fused-ring (bicyclic) bond motifs is 1. The second-order valence-corrected chi connectivity index (χ2v) is 8.31. The topological polar surface area (TPSA) is 67.8 Å². The first-order valence-corrected chi connectivity index (χ1v) is 10.2. The number of nitrogens with one attached hydrogen (secondary N) is 1. The summed E-state index contributed by atoms with van der Waals surface area (Å²) in [5.41, 5.74) is 4.93.